The Morgan fingerprint density at radius 3 is 2.68 bits per heavy atom. The quantitative estimate of drug-likeness (QED) is 0.746. The van der Waals surface area contributed by atoms with Crippen LogP contribution in [0.1, 0.15) is 59.8 Å². The second-order valence-corrected chi connectivity index (χ2v) is 9.17. The molecule has 3 amide bonds. The minimum atomic E-state index is -0.594. The van der Waals surface area contributed by atoms with Crippen LogP contribution in [0.5, 0.6) is 0 Å². The Morgan fingerprint density at radius 1 is 1.13 bits per heavy atom. The Morgan fingerprint density at radius 2 is 1.90 bits per heavy atom. The van der Waals surface area contributed by atoms with Crippen molar-refractivity contribution in [3.8, 4) is 0 Å². The number of carbonyl (C=O) groups is 3. The number of rotatable bonds is 3. The third kappa shape index (κ3) is 3.03. The smallest absolute Gasteiger partial charge is 0.255 e. The summed E-state index contributed by atoms with van der Waals surface area (Å²) >= 11 is 0. The van der Waals surface area contributed by atoms with Gasteiger partial charge in [0.2, 0.25) is 11.8 Å². The van der Waals surface area contributed by atoms with Gasteiger partial charge in [0.25, 0.3) is 5.91 Å². The van der Waals surface area contributed by atoms with Gasteiger partial charge in [-0.15, -0.1) is 0 Å². The number of amides is 3. The average molecular weight is 418 g/mol. The number of hydrogen-bond donors (Lipinski definition) is 2. The van der Waals surface area contributed by atoms with Crippen LogP contribution in [0.3, 0.4) is 0 Å². The van der Waals surface area contributed by atoms with E-state index in [0.29, 0.717) is 25.1 Å². The maximum Gasteiger partial charge on any atom is 0.255 e. The summed E-state index contributed by atoms with van der Waals surface area (Å²) in [6.45, 7) is 5.31. The van der Waals surface area contributed by atoms with E-state index in [1.54, 1.807) is 4.90 Å². The number of hydrogen-bond acceptors (Lipinski definition) is 5. The van der Waals surface area contributed by atoms with E-state index in [9.17, 15) is 14.4 Å². The SMILES string of the molecule is CC1(C)C(N)c2ccccc2N1Cc1ccc2c(c1)C(=O)N(C1CCC(=O)NC1=O)C2. The highest BCUT2D eigenvalue weighted by Gasteiger charge is 2.43. The Balaban J connectivity index is 1.41. The summed E-state index contributed by atoms with van der Waals surface area (Å²) in [4.78, 5) is 40.7. The number of carbonyl (C=O) groups excluding carboxylic acids is 3. The Kier molecular flexibility index (Phi) is 4.41. The molecule has 7 nitrogen and oxygen atoms in total. The molecule has 0 radical (unpaired) electrons. The largest absolute Gasteiger partial charge is 0.360 e. The van der Waals surface area contributed by atoms with Crippen molar-refractivity contribution >= 4 is 23.4 Å². The van der Waals surface area contributed by atoms with Gasteiger partial charge in [-0.25, -0.2) is 0 Å². The van der Waals surface area contributed by atoms with E-state index in [0.717, 1.165) is 22.4 Å². The number of nitrogens with one attached hydrogen (secondary N) is 1. The standard InChI is InChI=1S/C24H26N4O3/c1-24(2)21(25)16-5-3-4-6-18(16)28(24)12-14-7-8-15-13-27(23(31)17(15)11-14)19-9-10-20(29)26-22(19)30/h3-8,11,19,21H,9-10,12-13,25H2,1-2H3,(H,26,29,30). The first-order chi connectivity index (χ1) is 14.8. The fourth-order valence-electron chi connectivity index (χ4n) is 5.03. The van der Waals surface area contributed by atoms with Gasteiger partial charge >= 0.3 is 0 Å². The third-order valence-electron chi connectivity index (χ3n) is 6.95. The van der Waals surface area contributed by atoms with Crippen LogP contribution in [0.25, 0.3) is 0 Å². The fraction of sp³-hybridized carbons (Fsp3) is 0.375. The molecule has 0 bridgehead atoms. The van der Waals surface area contributed by atoms with Crippen LogP contribution in [-0.4, -0.2) is 34.2 Å². The highest BCUT2D eigenvalue weighted by molar-refractivity contribution is 6.05. The lowest BCUT2D eigenvalue weighted by atomic mass is 9.93. The number of benzene rings is 2. The lowest BCUT2D eigenvalue weighted by molar-refractivity contribution is -0.136. The summed E-state index contributed by atoms with van der Waals surface area (Å²) < 4.78 is 0. The monoisotopic (exact) mass is 418 g/mol. The van der Waals surface area contributed by atoms with Gasteiger partial charge in [-0.3, -0.25) is 19.7 Å². The summed E-state index contributed by atoms with van der Waals surface area (Å²) in [6.07, 6.45) is 0.624. The number of para-hydroxylation sites is 1. The summed E-state index contributed by atoms with van der Waals surface area (Å²) in [7, 11) is 0. The van der Waals surface area contributed by atoms with Gasteiger partial charge in [-0.05, 0) is 49.1 Å². The number of piperidine rings is 1. The van der Waals surface area contributed by atoms with Crippen LogP contribution >= 0.6 is 0 Å². The van der Waals surface area contributed by atoms with Crippen molar-refractivity contribution in [2.45, 2.75) is 57.4 Å². The minimum absolute atomic E-state index is 0.0947. The van der Waals surface area contributed by atoms with Gasteiger partial charge in [0.05, 0.1) is 11.6 Å². The third-order valence-corrected chi connectivity index (χ3v) is 6.95. The molecule has 2 unspecified atom stereocenters. The Labute approximate surface area is 181 Å². The molecule has 0 saturated carbocycles. The average Bonchev–Trinajstić information content (AvgIpc) is 3.16. The molecule has 3 aliphatic heterocycles. The van der Waals surface area contributed by atoms with Crippen LogP contribution in [-0.2, 0) is 22.7 Å². The molecule has 31 heavy (non-hydrogen) atoms. The first-order valence-corrected chi connectivity index (χ1v) is 10.7. The van der Waals surface area contributed by atoms with Crippen LogP contribution in [0.2, 0.25) is 0 Å². The molecule has 5 rings (SSSR count). The lowest BCUT2D eigenvalue weighted by Gasteiger charge is -2.37. The normalized spacial score (nSPS) is 24.3. The van der Waals surface area contributed by atoms with Gasteiger partial charge < -0.3 is 15.5 Å². The number of anilines is 1. The summed E-state index contributed by atoms with van der Waals surface area (Å²) in [6, 6.07) is 13.5. The summed E-state index contributed by atoms with van der Waals surface area (Å²) in [5.41, 5.74) is 11.1. The first kappa shape index (κ1) is 19.8. The van der Waals surface area contributed by atoms with Crippen LogP contribution in [0, 0.1) is 0 Å². The van der Waals surface area contributed by atoms with E-state index in [4.69, 9.17) is 5.73 Å². The second kappa shape index (κ2) is 6.92. The fourth-order valence-corrected chi connectivity index (χ4v) is 5.03. The van der Waals surface area contributed by atoms with E-state index in [1.807, 2.05) is 30.3 Å². The van der Waals surface area contributed by atoms with Crippen molar-refractivity contribution < 1.29 is 14.4 Å². The molecule has 3 aliphatic rings. The highest BCUT2D eigenvalue weighted by Crippen LogP contribution is 2.45. The maximum atomic E-state index is 13.1. The van der Waals surface area contributed by atoms with Gasteiger partial charge in [-0.1, -0.05) is 30.3 Å². The van der Waals surface area contributed by atoms with Crippen LogP contribution < -0.4 is 16.0 Å². The Bertz CT molecular complexity index is 1110. The number of nitrogens with two attached hydrogens (primary N) is 1. The topological polar surface area (TPSA) is 95.7 Å². The molecule has 0 spiro atoms. The summed E-state index contributed by atoms with van der Waals surface area (Å²) in [5.74, 6) is -0.814. The minimum Gasteiger partial charge on any atom is -0.360 e. The van der Waals surface area contributed by atoms with Gasteiger partial charge in [0, 0.05) is 30.8 Å². The number of fused-ring (bicyclic) bond motifs is 2. The molecule has 3 heterocycles. The molecular weight excluding hydrogens is 392 g/mol. The molecule has 0 aliphatic carbocycles. The van der Waals surface area contributed by atoms with Gasteiger partial charge in [0.15, 0.2) is 0 Å². The zero-order valence-electron chi connectivity index (χ0n) is 17.7. The molecule has 160 valence electrons. The van der Waals surface area contributed by atoms with E-state index in [-0.39, 0.29) is 35.7 Å². The second-order valence-electron chi connectivity index (χ2n) is 9.17. The zero-order valence-corrected chi connectivity index (χ0v) is 17.7. The molecular formula is C24H26N4O3. The predicted octanol–water partition coefficient (Wildman–Crippen LogP) is 2.25. The van der Waals surface area contributed by atoms with Crippen molar-refractivity contribution in [1.29, 1.82) is 0 Å². The Hall–Kier alpha value is -3.19. The molecule has 7 heteroatoms. The summed E-state index contributed by atoms with van der Waals surface area (Å²) in [5, 5.41) is 2.35. The van der Waals surface area contributed by atoms with Crippen molar-refractivity contribution in [1.82, 2.24) is 10.2 Å². The zero-order chi connectivity index (χ0) is 21.9. The molecule has 0 aromatic heterocycles. The van der Waals surface area contributed by atoms with E-state index in [2.05, 4.69) is 36.2 Å². The predicted molar refractivity (Wildman–Crippen MR) is 116 cm³/mol. The van der Waals surface area contributed by atoms with Crippen molar-refractivity contribution in [2.24, 2.45) is 5.73 Å². The lowest BCUT2D eigenvalue weighted by Crippen LogP contribution is -2.52. The number of imide groups is 1. The van der Waals surface area contributed by atoms with E-state index in [1.165, 1.54) is 0 Å². The van der Waals surface area contributed by atoms with Crippen molar-refractivity contribution in [3.63, 3.8) is 0 Å². The first-order valence-electron chi connectivity index (χ1n) is 10.7. The van der Waals surface area contributed by atoms with Crippen LogP contribution in [0.15, 0.2) is 42.5 Å². The molecule has 2 aromatic rings. The van der Waals surface area contributed by atoms with E-state index >= 15 is 0 Å². The van der Waals surface area contributed by atoms with Crippen molar-refractivity contribution in [3.05, 3.63) is 64.7 Å². The number of nitrogens with zero attached hydrogens (tertiary/aromatic N) is 2. The van der Waals surface area contributed by atoms with Gasteiger partial charge in [-0.2, -0.15) is 0 Å². The van der Waals surface area contributed by atoms with Gasteiger partial charge in [0.1, 0.15) is 6.04 Å². The molecule has 1 fully saturated rings. The molecule has 1 saturated heterocycles. The van der Waals surface area contributed by atoms with Crippen LogP contribution in [0.4, 0.5) is 5.69 Å². The maximum absolute atomic E-state index is 13.1. The van der Waals surface area contributed by atoms with E-state index < -0.39 is 6.04 Å². The molecule has 3 N–H and O–H groups in total. The molecule has 2 atom stereocenters. The molecule has 2 aromatic carbocycles. The van der Waals surface area contributed by atoms with Crippen molar-refractivity contribution in [2.75, 3.05) is 4.90 Å². The highest BCUT2D eigenvalue weighted by atomic mass is 16.2.